The smallest absolute Gasteiger partial charge is 0.267 e. The lowest BCUT2D eigenvalue weighted by Gasteiger charge is -2.25. The van der Waals surface area contributed by atoms with Gasteiger partial charge in [-0.25, -0.2) is 4.98 Å². The van der Waals surface area contributed by atoms with Gasteiger partial charge < -0.3 is 9.32 Å². The predicted molar refractivity (Wildman–Crippen MR) is 91.9 cm³/mol. The van der Waals surface area contributed by atoms with Crippen LogP contribution in [0.2, 0.25) is 0 Å². The van der Waals surface area contributed by atoms with Gasteiger partial charge in [-0.1, -0.05) is 15.8 Å². The summed E-state index contributed by atoms with van der Waals surface area (Å²) in [7, 11) is 0. The molecule has 0 fully saturated rings. The number of aromatic nitrogens is 3. The predicted octanol–water partition coefficient (Wildman–Crippen LogP) is 2.35. The Morgan fingerprint density at radius 3 is 3.00 bits per heavy atom. The van der Waals surface area contributed by atoms with Crippen LogP contribution in [0.4, 0.5) is 5.13 Å². The van der Waals surface area contributed by atoms with Crippen molar-refractivity contribution in [2.75, 3.05) is 11.9 Å². The molecule has 0 radical (unpaired) electrons. The number of nitrogens with zero attached hydrogens (tertiary/aromatic N) is 4. The first kappa shape index (κ1) is 15.9. The van der Waals surface area contributed by atoms with Crippen LogP contribution < -0.4 is 5.32 Å². The number of hydrogen-bond donors (Lipinski definition) is 1. The molecule has 1 aliphatic rings. The van der Waals surface area contributed by atoms with Gasteiger partial charge in [-0.3, -0.25) is 14.9 Å². The lowest BCUT2D eigenvalue weighted by molar-refractivity contribution is 0.0740. The Bertz CT molecular complexity index is 931. The number of nitrogens with one attached hydrogen (secondary N) is 1. The number of fused-ring (bicyclic) bond motifs is 1. The standard InChI is InChI=1S/C15H13N5O3S2/c1-8-12(25-19-18-8)14(22)20-4-2-10-11(6-20)24-15(16-10)17-13(21)9-3-5-23-7-9/h3,5,7H,2,4,6H2,1H3,(H,16,17,21). The molecular weight excluding hydrogens is 362 g/mol. The molecule has 0 spiro atoms. The molecule has 25 heavy (non-hydrogen) atoms. The van der Waals surface area contributed by atoms with Gasteiger partial charge in [-0.15, -0.1) is 5.10 Å². The van der Waals surface area contributed by atoms with Crippen molar-refractivity contribution >= 4 is 39.8 Å². The van der Waals surface area contributed by atoms with E-state index in [9.17, 15) is 9.59 Å². The topological polar surface area (TPSA) is 101 Å². The van der Waals surface area contributed by atoms with E-state index in [1.807, 2.05) is 0 Å². The minimum Gasteiger partial charge on any atom is -0.472 e. The molecule has 0 aliphatic carbocycles. The van der Waals surface area contributed by atoms with Gasteiger partial charge >= 0.3 is 0 Å². The van der Waals surface area contributed by atoms with Gasteiger partial charge in [0.15, 0.2) is 5.13 Å². The maximum atomic E-state index is 12.6. The summed E-state index contributed by atoms with van der Waals surface area (Å²) in [6.45, 7) is 2.84. The van der Waals surface area contributed by atoms with Crippen LogP contribution in [0, 0.1) is 6.92 Å². The molecule has 0 unspecified atom stereocenters. The molecule has 0 saturated heterocycles. The minimum absolute atomic E-state index is 0.0597. The summed E-state index contributed by atoms with van der Waals surface area (Å²) in [5.41, 5.74) is 2.02. The normalized spacial score (nSPS) is 13.6. The number of rotatable bonds is 3. The van der Waals surface area contributed by atoms with Gasteiger partial charge in [-0.2, -0.15) is 0 Å². The van der Waals surface area contributed by atoms with Crippen LogP contribution in [0.25, 0.3) is 0 Å². The lowest BCUT2D eigenvalue weighted by Crippen LogP contribution is -2.35. The van der Waals surface area contributed by atoms with Crippen LogP contribution in [0.15, 0.2) is 23.0 Å². The van der Waals surface area contributed by atoms with Gasteiger partial charge in [-0.05, 0) is 24.5 Å². The highest BCUT2D eigenvalue weighted by molar-refractivity contribution is 7.16. The third kappa shape index (κ3) is 3.05. The number of carbonyl (C=O) groups excluding carboxylic acids is 2. The molecule has 0 saturated carbocycles. The van der Waals surface area contributed by atoms with Gasteiger partial charge in [0.1, 0.15) is 11.1 Å². The SMILES string of the molecule is Cc1nnsc1C(=O)N1CCc2nc(NC(=O)c3ccoc3)sc2C1. The molecule has 1 N–H and O–H groups in total. The second-order valence-electron chi connectivity index (χ2n) is 5.52. The zero-order valence-electron chi connectivity index (χ0n) is 13.2. The van der Waals surface area contributed by atoms with E-state index in [2.05, 4.69) is 19.9 Å². The summed E-state index contributed by atoms with van der Waals surface area (Å²) in [5, 5.41) is 7.19. The first-order valence-corrected chi connectivity index (χ1v) is 9.11. The third-order valence-corrected chi connectivity index (χ3v) is 5.68. The summed E-state index contributed by atoms with van der Waals surface area (Å²) >= 11 is 2.50. The lowest BCUT2D eigenvalue weighted by atomic mass is 10.1. The van der Waals surface area contributed by atoms with Crippen molar-refractivity contribution in [2.45, 2.75) is 19.9 Å². The van der Waals surface area contributed by atoms with Crippen molar-refractivity contribution < 1.29 is 14.0 Å². The quantitative estimate of drug-likeness (QED) is 0.754. The van der Waals surface area contributed by atoms with Gasteiger partial charge in [0.05, 0.1) is 29.8 Å². The first-order chi connectivity index (χ1) is 12.1. The van der Waals surface area contributed by atoms with Gasteiger partial charge in [0.25, 0.3) is 11.8 Å². The fourth-order valence-corrected chi connectivity index (χ4v) is 4.20. The molecule has 0 aromatic carbocycles. The molecule has 4 heterocycles. The van der Waals surface area contributed by atoms with E-state index in [4.69, 9.17) is 4.42 Å². The number of thiazole rings is 1. The van der Waals surface area contributed by atoms with Crippen LogP contribution in [0.1, 0.15) is 36.3 Å². The van der Waals surface area contributed by atoms with Crippen molar-refractivity contribution in [3.63, 3.8) is 0 Å². The Morgan fingerprint density at radius 2 is 2.28 bits per heavy atom. The Hall–Kier alpha value is -2.59. The number of aryl methyl sites for hydroxylation is 1. The monoisotopic (exact) mass is 375 g/mol. The average Bonchev–Trinajstić information content (AvgIpc) is 3.33. The summed E-state index contributed by atoms with van der Waals surface area (Å²) < 4.78 is 8.73. The Morgan fingerprint density at radius 1 is 1.40 bits per heavy atom. The van der Waals surface area contributed by atoms with E-state index in [1.54, 1.807) is 17.9 Å². The zero-order chi connectivity index (χ0) is 17.4. The Kier molecular flexibility index (Phi) is 4.06. The highest BCUT2D eigenvalue weighted by Gasteiger charge is 2.27. The van der Waals surface area contributed by atoms with E-state index in [-0.39, 0.29) is 11.8 Å². The molecule has 3 aromatic rings. The Labute approximate surface area is 150 Å². The molecular formula is C15H13N5O3S2. The molecule has 1 aliphatic heterocycles. The minimum atomic E-state index is -0.265. The van der Waals surface area contributed by atoms with Crippen molar-refractivity contribution in [1.29, 1.82) is 0 Å². The molecule has 8 nitrogen and oxygen atoms in total. The maximum absolute atomic E-state index is 12.6. The van der Waals surface area contributed by atoms with E-state index < -0.39 is 0 Å². The highest BCUT2D eigenvalue weighted by Crippen LogP contribution is 2.29. The fraction of sp³-hybridized carbons (Fsp3) is 0.267. The molecule has 0 atom stereocenters. The summed E-state index contributed by atoms with van der Waals surface area (Å²) in [6, 6.07) is 1.59. The maximum Gasteiger partial charge on any atom is 0.267 e. The summed E-state index contributed by atoms with van der Waals surface area (Å²) in [4.78, 5) is 32.5. The van der Waals surface area contributed by atoms with Crippen molar-refractivity contribution in [2.24, 2.45) is 0 Å². The second-order valence-corrected chi connectivity index (χ2v) is 7.36. The number of furan rings is 1. The average molecular weight is 375 g/mol. The van der Waals surface area contributed by atoms with Crippen molar-refractivity contribution in [1.82, 2.24) is 19.5 Å². The van der Waals surface area contributed by atoms with Crippen LogP contribution in [0.5, 0.6) is 0 Å². The molecule has 4 rings (SSSR count). The van der Waals surface area contributed by atoms with E-state index in [1.165, 1.54) is 23.9 Å². The fourth-order valence-electron chi connectivity index (χ4n) is 2.56. The van der Waals surface area contributed by atoms with E-state index in [0.29, 0.717) is 40.8 Å². The number of anilines is 1. The van der Waals surface area contributed by atoms with Gasteiger partial charge in [0.2, 0.25) is 0 Å². The van der Waals surface area contributed by atoms with Gasteiger partial charge in [0, 0.05) is 17.8 Å². The van der Waals surface area contributed by atoms with E-state index in [0.717, 1.165) is 22.1 Å². The number of amides is 2. The van der Waals surface area contributed by atoms with E-state index >= 15 is 0 Å². The summed E-state index contributed by atoms with van der Waals surface area (Å²) in [6.07, 6.45) is 3.49. The number of hydrogen-bond acceptors (Lipinski definition) is 8. The van der Waals surface area contributed by atoms with Crippen LogP contribution in [-0.2, 0) is 13.0 Å². The zero-order valence-corrected chi connectivity index (χ0v) is 14.8. The van der Waals surface area contributed by atoms with Crippen LogP contribution in [0.3, 0.4) is 0 Å². The third-order valence-electron chi connectivity index (χ3n) is 3.87. The summed E-state index contributed by atoms with van der Waals surface area (Å²) in [5.74, 6) is -0.324. The molecule has 3 aromatic heterocycles. The second kappa shape index (κ2) is 6.37. The molecule has 10 heteroatoms. The molecule has 0 bridgehead atoms. The van der Waals surface area contributed by atoms with Crippen LogP contribution in [-0.4, -0.2) is 37.8 Å². The van der Waals surface area contributed by atoms with Crippen LogP contribution >= 0.6 is 22.9 Å². The van der Waals surface area contributed by atoms with Crippen molar-refractivity contribution in [3.05, 3.63) is 45.3 Å². The largest absolute Gasteiger partial charge is 0.472 e. The molecule has 128 valence electrons. The number of carbonyl (C=O) groups is 2. The van der Waals surface area contributed by atoms with Crippen molar-refractivity contribution in [3.8, 4) is 0 Å². The highest BCUT2D eigenvalue weighted by atomic mass is 32.1. The Balaban J connectivity index is 1.49. The first-order valence-electron chi connectivity index (χ1n) is 7.52. The molecule has 2 amide bonds.